The first kappa shape index (κ1) is 15.7. The highest BCUT2D eigenvalue weighted by molar-refractivity contribution is 14.1. The van der Waals surface area contributed by atoms with E-state index in [4.69, 9.17) is 4.74 Å². The second kappa shape index (κ2) is 6.87. The number of benzene rings is 2. The molecule has 0 aliphatic carbocycles. The van der Waals surface area contributed by atoms with E-state index in [9.17, 15) is 4.39 Å². The lowest BCUT2D eigenvalue weighted by Gasteiger charge is -2.21. The SMILES string of the molecule is CNC(c1ccc(F)cc1I)c1cc(Br)ccc1OC. The van der Waals surface area contributed by atoms with Crippen LogP contribution >= 0.6 is 38.5 Å². The third-order valence-corrected chi connectivity index (χ3v) is 4.49. The molecule has 0 spiro atoms. The van der Waals surface area contributed by atoms with Crippen molar-refractivity contribution in [2.75, 3.05) is 14.2 Å². The zero-order chi connectivity index (χ0) is 14.7. The Morgan fingerprint density at radius 2 is 1.95 bits per heavy atom. The Morgan fingerprint density at radius 1 is 1.20 bits per heavy atom. The highest BCUT2D eigenvalue weighted by Crippen LogP contribution is 2.34. The molecule has 0 radical (unpaired) electrons. The summed E-state index contributed by atoms with van der Waals surface area (Å²) in [5, 5.41) is 3.27. The minimum Gasteiger partial charge on any atom is -0.496 e. The van der Waals surface area contributed by atoms with Crippen molar-refractivity contribution in [1.82, 2.24) is 5.32 Å². The highest BCUT2D eigenvalue weighted by Gasteiger charge is 2.19. The monoisotopic (exact) mass is 449 g/mol. The fraction of sp³-hybridized carbons (Fsp3) is 0.200. The third kappa shape index (κ3) is 3.32. The van der Waals surface area contributed by atoms with E-state index in [-0.39, 0.29) is 11.9 Å². The Kier molecular flexibility index (Phi) is 5.40. The van der Waals surface area contributed by atoms with Crippen LogP contribution in [0.1, 0.15) is 17.2 Å². The molecule has 20 heavy (non-hydrogen) atoms. The molecule has 0 aliphatic heterocycles. The molecule has 0 heterocycles. The van der Waals surface area contributed by atoms with Crippen molar-refractivity contribution in [2.45, 2.75) is 6.04 Å². The Labute approximate surface area is 140 Å². The fourth-order valence-electron chi connectivity index (χ4n) is 2.14. The molecule has 2 rings (SSSR count). The van der Waals surface area contributed by atoms with Crippen LogP contribution in [-0.4, -0.2) is 14.2 Å². The van der Waals surface area contributed by atoms with Crippen molar-refractivity contribution >= 4 is 38.5 Å². The van der Waals surface area contributed by atoms with Crippen LogP contribution in [0.15, 0.2) is 40.9 Å². The van der Waals surface area contributed by atoms with Crippen LogP contribution in [0.2, 0.25) is 0 Å². The quantitative estimate of drug-likeness (QED) is 0.693. The molecule has 1 atom stereocenters. The number of nitrogens with one attached hydrogen (secondary N) is 1. The van der Waals surface area contributed by atoms with E-state index < -0.39 is 0 Å². The molecular formula is C15H14BrFINO. The van der Waals surface area contributed by atoms with Gasteiger partial charge in [0, 0.05) is 13.6 Å². The van der Waals surface area contributed by atoms with Gasteiger partial charge in [-0.05, 0) is 65.5 Å². The van der Waals surface area contributed by atoms with Crippen molar-refractivity contribution in [3.05, 3.63) is 61.4 Å². The summed E-state index contributed by atoms with van der Waals surface area (Å²) in [6.07, 6.45) is 0. The lowest BCUT2D eigenvalue weighted by molar-refractivity contribution is 0.405. The lowest BCUT2D eigenvalue weighted by atomic mass is 9.98. The van der Waals surface area contributed by atoms with Gasteiger partial charge in [-0.15, -0.1) is 0 Å². The molecule has 106 valence electrons. The Morgan fingerprint density at radius 3 is 2.55 bits per heavy atom. The molecule has 2 aromatic rings. The Balaban J connectivity index is 2.54. The number of hydrogen-bond donors (Lipinski definition) is 1. The maximum atomic E-state index is 13.3. The van der Waals surface area contributed by atoms with Gasteiger partial charge in [0.15, 0.2) is 0 Å². The molecule has 0 saturated heterocycles. The maximum absolute atomic E-state index is 13.3. The van der Waals surface area contributed by atoms with Crippen LogP contribution in [0.5, 0.6) is 5.75 Å². The molecule has 0 bridgehead atoms. The van der Waals surface area contributed by atoms with Gasteiger partial charge >= 0.3 is 0 Å². The highest BCUT2D eigenvalue weighted by atomic mass is 127. The summed E-state index contributed by atoms with van der Waals surface area (Å²) in [4.78, 5) is 0. The van der Waals surface area contributed by atoms with Gasteiger partial charge < -0.3 is 10.1 Å². The van der Waals surface area contributed by atoms with Gasteiger partial charge in [-0.25, -0.2) is 4.39 Å². The van der Waals surface area contributed by atoms with E-state index in [2.05, 4.69) is 43.8 Å². The van der Waals surface area contributed by atoms with Crippen LogP contribution < -0.4 is 10.1 Å². The van der Waals surface area contributed by atoms with Crippen molar-refractivity contribution in [3.63, 3.8) is 0 Å². The minimum absolute atomic E-state index is 0.0602. The summed E-state index contributed by atoms with van der Waals surface area (Å²) in [6, 6.07) is 10.6. The standard InChI is InChI=1S/C15H14BrFINO/c1-19-15(11-5-4-10(17)8-13(11)18)12-7-9(16)3-6-14(12)20-2/h3-8,15,19H,1-2H3. The molecule has 0 fully saturated rings. The molecule has 0 aliphatic rings. The summed E-state index contributed by atoms with van der Waals surface area (Å²) < 4.78 is 20.6. The fourth-order valence-corrected chi connectivity index (χ4v) is 3.31. The van der Waals surface area contributed by atoms with Crippen molar-refractivity contribution < 1.29 is 9.13 Å². The second-order valence-electron chi connectivity index (χ2n) is 4.27. The molecule has 2 nitrogen and oxygen atoms in total. The molecule has 5 heteroatoms. The second-order valence-corrected chi connectivity index (χ2v) is 6.35. The lowest BCUT2D eigenvalue weighted by Crippen LogP contribution is -2.19. The predicted octanol–water partition coefficient (Wildman–Crippen LogP) is 4.51. The van der Waals surface area contributed by atoms with Gasteiger partial charge in [0.2, 0.25) is 0 Å². The number of ether oxygens (including phenoxy) is 1. The van der Waals surface area contributed by atoms with Gasteiger partial charge in [-0.3, -0.25) is 0 Å². The van der Waals surface area contributed by atoms with Crippen LogP contribution in [0.25, 0.3) is 0 Å². The number of halogens is 3. The number of rotatable bonds is 4. The maximum Gasteiger partial charge on any atom is 0.124 e. The van der Waals surface area contributed by atoms with Gasteiger partial charge in [0.25, 0.3) is 0 Å². The zero-order valence-electron chi connectivity index (χ0n) is 11.1. The summed E-state index contributed by atoms with van der Waals surface area (Å²) in [6.45, 7) is 0. The van der Waals surface area contributed by atoms with Crippen molar-refractivity contribution in [3.8, 4) is 5.75 Å². The zero-order valence-corrected chi connectivity index (χ0v) is 14.8. The molecule has 0 aromatic heterocycles. The Bertz CT molecular complexity index is 621. The summed E-state index contributed by atoms with van der Waals surface area (Å²) >= 11 is 5.63. The summed E-state index contributed by atoms with van der Waals surface area (Å²) in [5.74, 6) is 0.571. The molecular weight excluding hydrogens is 436 g/mol. The van der Waals surface area contributed by atoms with E-state index in [1.54, 1.807) is 13.2 Å². The van der Waals surface area contributed by atoms with Crippen LogP contribution in [0, 0.1) is 9.39 Å². The summed E-state index contributed by atoms with van der Waals surface area (Å²) in [7, 11) is 3.53. The predicted molar refractivity (Wildman–Crippen MR) is 90.7 cm³/mol. The van der Waals surface area contributed by atoms with Gasteiger partial charge in [0.05, 0.1) is 13.2 Å². The summed E-state index contributed by atoms with van der Waals surface area (Å²) in [5.41, 5.74) is 2.03. The largest absolute Gasteiger partial charge is 0.496 e. The van der Waals surface area contributed by atoms with Crippen molar-refractivity contribution in [1.29, 1.82) is 0 Å². The average molecular weight is 450 g/mol. The van der Waals surface area contributed by atoms with E-state index in [0.717, 1.165) is 24.9 Å². The molecule has 2 aromatic carbocycles. The average Bonchev–Trinajstić information content (AvgIpc) is 2.42. The first-order valence-corrected chi connectivity index (χ1v) is 7.89. The van der Waals surface area contributed by atoms with Crippen LogP contribution in [0.4, 0.5) is 4.39 Å². The van der Waals surface area contributed by atoms with Crippen molar-refractivity contribution in [2.24, 2.45) is 0 Å². The van der Waals surface area contributed by atoms with Crippen LogP contribution in [0.3, 0.4) is 0 Å². The van der Waals surface area contributed by atoms with Crippen LogP contribution in [-0.2, 0) is 0 Å². The normalized spacial score (nSPS) is 12.2. The Hall–Kier alpha value is -0.660. The number of hydrogen-bond acceptors (Lipinski definition) is 2. The first-order chi connectivity index (χ1) is 9.56. The van der Waals surface area contributed by atoms with E-state index in [1.165, 1.54) is 12.1 Å². The molecule has 1 N–H and O–H groups in total. The minimum atomic E-state index is -0.228. The topological polar surface area (TPSA) is 21.3 Å². The van der Waals surface area contributed by atoms with E-state index >= 15 is 0 Å². The van der Waals surface area contributed by atoms with E-state index in [1.807, 2.05) is 25.2 Å². The van der Waals surface area contributed by atoms with Gasteiger partial charge in [0.1, 0.15) is 11.6 Å². The smallest absolute Gasteiger partial charge is 0.124 e. The molecule has 0 saturated carbocycles. The first-order valence-electron chi connectivity index (χ1n) is 6.02. The molecule has 1 unspecified atom stereocenters. The third-order valence-electron chi connectivity index (χ3n) is 3.06. The van der Waals surface area contributed by atoms with E-state index in [0.29, 0.717) is 0 Å². The molecule has 0 amide bonds. The van der Waals surface area contributed by atoms with Gasteiger partial charge in [-0.1, -0.05) is 22.0 Å². The van der Waals surface area contributed by atoms with Gasteiger partial charge in [-0.2, -0.15) is 0 Å². The number of methoxy groups -OCH3 is 1.